The second kappa shape index (κ2) is 6.04. The van der Waals surface area contributed by atoms with Crippen molar-refractivity contribution in [3.8, 4) is 0 Å². The van der Waals surface area contributed by atoms with E-state index in [1.807, 2.05) is 13.8 Å². The smallest absolute Gasteiger partial charge is 0.276 e. The van der Waals surface area contributed by atoms with Gasteiger partial charge in [0, 0.05) is 18.3 Å². The van der Waals surface area contributed by atoms with Crippen LogP contribution >= 0.6 is 15.9 Å². The summed E-state index contributed by atoms with van der Waals surface area (Å²) in [6.45, 7) is 5.70. The van der Waals surface area contributed by atoms with E-state index in [4.69, 9.17) is 0 Å². The van der Waals surface area contributed by atoms with Gasteiger partial charge in [0.15, 0.2) is 0 Å². The molecule has 0 bridgehead atoms. The Morgan fingerprint density at radius 2 is 2.05 bits per heavy atom. The van der Waals surface area contributed by atoms with Gasteiger partial charge < -0.3 is 5.32 Å². The molecule has 6 nitrogen and oxygen atoms in total. The molecule has 1 amide bonds. The van der Waals surface area contributed by atoms with Crippen molar-refractivity contribution in [2.45, 2.75) is 26.7 Å². The van der Waals surface area contributed by atoms with Crippen molar-refractivity contribution in [2.75, 3.05) is 5.32 Å². The van der Waals surface area contributed by atoms with Crippen LogP contribution in [0.5, 0.6) is 0 Å². The zero-order valence-electron chi connectivity index (χ0n) is 11.4. The summed E-state index contributed by atoms with van der Waals surface area (Å²) in [6, 6.07) is 1.63. The first kappa shape index (κ1) is 14.5. The fourth-order valence-corrected chi connectivity index (χ4v) is 1.89. The lowest BCUT2D eigenvalue weighted by atomic mass is 10.2. The van der Waals surface area contributed by atoms with E-state index >= 15 is 0 Å². The number of rotatable bonds is 3. The van der Waals surface area contributed by atoms with Gasteiger partial charge in [0.2, 0.25) is 0 Å². The zero-order chi connectivity index (χ0) is 14.7. The lowest BCUT2D eigenvalue weighted by Gasteiger charge is -2.08. The molecule has 0 aliphatic rings. The van der Waals surface area contributed by atoms with Crippen molar-refractivity contribution in [3.63, 3.8) is 0 Å². The fraction of sp³-hybridized carbons (Fsp3) is 0.308. The van der Waals surface area contributed by atoms with Gasteiger partial charge in [0.25, 0.3) is 5.91 Å². The van der Waals surface area contributed by atoms with Crippen molar-refractivity contribution < 1.29 is 4.79 Å². The number of nitrogens with zero attached hydrogens (tertiary/aromatic N) is 4. The molecule has 0 atom stereocenters. The molecule has 20 heavy (non-hydrogen) atoms. The Labute approximate surface area is 125 Å². The first-order valence-electron chi connectivity index (χ1n) is 6.11. The number of aryl methyl sites for hydroxylation is 1. The van der Waals surface area contributed by atoms with Crippen LogP contribution < -0.4 is 5.32 Å². The molecule has 7 heteroatoms. The lowest BCUT2D eigenvalue weighted by molar-refractivity contribution is 0.102. The third-order valence-corrected chi connectivity index (χ3v) is 3.09. The molecule has 0 fully saturated rings. The number of nitrogens with one attached hydrogen (secondary N) is 1. The Morgan fingerprint density at radius 1 is 1.30 bits per heavy atom. The minimum atomic E-state index is -0.334. The van der Waals surface area contributed by atoms with E-state index in [0.717, 1.165) is 0 Å². The molecule has 0 aliphatic carbocycles. The van der Waals surface area contributed by atoms with Gasteiger partial charge in [0.1, 0.15) is 23.2 Å². The highest BCUT2D eigenvalue weighted by Crippen LogP contribution is 2.18. The number of carbonyl (C=O) groups is 1. The summed E-state index contributed by atoms with van der Waals surface area (Å²) in [4.78, 5) is 28.8. The number of anilines is 1. The topological polar surface area (TPSA) is 80.7 Å². The summed E-state index contributed by atoms with van der Waals surface area (Å²) in [5.74, 6) is 1.47. The molecule has 0 aromatic carbocycles. The highest BCUT2D eigenvalue weighted by atomic mass is 79.9. The summed E-state index contributed by atoms with van der Waals surface area (Å²) in [6.07, 6.45) is 3.18. The average Bonchev–Trinajstić information content (AvgIpc) is 2.38. The van der Waals surface area contributed by atoms with Gasteiger partial charge in [-0.3, -0.25) is 4.79 Å². The Bertz CT molecular complexity index is 644. The predicted molar refractivity (Wildman–Crippen MR) is 78.5 cm³/mol. The molecule has 2 aromatic rings. The monoisotopic (exact) mass is 335 g/mol. The number of amides is 1. The number of hydrogen-bond donors (Lipinski definition) is 1. The van der Waals surface area contributed by atoms with E-state index < -0.39 is 0 Å². The summed E-state index contributed by atoms with van der Waals surface area (Å²) in [5.41, 5.74) is 0.292. The molecule has 0 aliphatic heterocycles. The second-order valence-corrected chi connectivity index (χ2v) is 5.38. The fourth-order valence-electron chi connectivity index (χ4n) is 1.52. The van der Waals surface area contributed by atoms with Gasteiger partial charge in [-0.15, -0.1) is 0 Å². The summed E-state index contributed by atoms with van der Waals surface area (Å²) in [7, 11) is 0. The predicted octanol–water partition coefficient (Wildman–Crippen LogP) is 2.71. The van der Waals surface area contributed by atoms with Gasteiger partial charge >= 0.3 is 0 Å². The molecular weight excluding hydrogens is 322 g/mol. The van der Waals surface area contributed by atoms with Crippen molar-refractivity contribution in [3.05, 3.63) is 40.3 Å². The summed E-state index contributed by atoms with van der Waals surface area (Å²) < 4.78 is 0.546. The molecule has 2 heterocycles. The van der Waals surface area contributed by atoms with Crippen LogP contribution in [0.15, 0.2) is 22.9 Å². The van der Waals surface area contributed by atoms with Crippen molar-refractivity contribution >= 4 is 27.7 Å². The van der Waals surface area contributed by atoms with Crippen LogP contribution in [-0.4, -0.2) is 25.8 Å². The molecular formula is C13H14BrN5O. The quantitative estimate of drug-likeness (QED) is 0.932. The van der Waals surface area contributed by atoms with Crippen LogP contribution in [0.25, 0.3) is 0 Å². The highest BCUT2D eigenvalue weighted by molar-refractivity contribution is 9.10. The summed E-state index contributed by atoms with van der Waals surface area (Å²) in [5, 5.41) is 2.70. The van der Waals surface area contributed by atoms with Crippen LogP contribution in [-0.2, 0) is 0 Å². The molecule has 0 saturated carbocycles. The summed E-state index contributed by atoms with van der Waals surface area (Å²) >= 11 is 3.29. The Balaban J connectivity index is 2.27. The Hall–Kier alpha value is -1.89. The van der Waals surface area contributed by atoms with Gasteiger partial charge in [-0.05, 0) is 28.9 Å². The van der Waals surface area contributed by atoms with Crippen molar-refractivity contribution in [1.82, 2.24) is 19.9 Å². The Kier molecular flexibility index (Phi) is 4.39. The second-order valence-electron chi connectivity index (χ2n) is 4.52. The Morgan fingerprint density at radius 3 is 2.70 bits per heavy atom. The van der Waals surface area contributed by atoms with E-state index in [1.165, 1.54) is 0 Å². The zero-order valence-corrected chi connectivity index (χ0v) is 13.0. The van der Waals surface area contributed by atoms with E-state index in [2.05, 4.69) is 41.2 Å². The largest absolute Gasteiger partial charge is 0.305 e. The van der Waals surface area contributed by atoms with Crippen LogP contribution in [0, 0.1) is 6.92 Å². The normalized spacial score (nSPS) is 10.7. The van der Waals surface area contributed by atoms with Crippen LogP contribution in [0.4, 0.5) is 5.82 Å². The van der Waals surface area contributed by atoms with Crippen LogP contribution in [0.1, 0.15) is 41.9 Å². The maximum absolute atomic E-state index is 12.2. The third-order valence-electron chi connectivity index (χ3n) is 2.51. The molecule has 104 valence electrons. The van der Waals surface area contributed by atoms with Crippen molar-refractivity contribution in [1.29, 1.82) is 0 Å². The molecule has 0 spiro atoms. The lowest BCUT2D eigenvalue weighted by Crippen LogP contribution is -2.17. The minimum Gasteiger partial charge on any atom is -0.305 e. The van der Waals surface area contributed by atoms with Crippen molar-refractivity contribution in [2.24, 2.45) is 0 Å². The van der Waals surface area contributed by atoms with E-state index in [9.17, 15) is 4.79 Å². The maximum atomic E-state index is 12.2. The number of carbonyl (C=O) groups excluding carboxylic acids is 1. The molecule has 1 N–H and O–H groups in total. The molecule has 2 aromatic heterocycles. The highest BCUT2D eigenvalue weighted by Gasteiger charge is 2.15. The maximum Gasteiger partial charge on any atom is 0.276 e. The minimum absolute atomic E-state index is 0.149. The number of hydrogen-bond acceptors (Lipinski definition) is 5. The SMILES string of the molecule is Cc1nccc(NC(=O)c2nc(C(C)C)ncc2Br)n1. The molecule has 0 radical (unpaired) electrons. The molecule has 0 saturated heterocycles. The van der Waals surface area contributed by atoms with Gasteiger partial charge in [-0.2, -0.15) is 0 Å². The first-order valence-corrected chi connectivity index (χ1v) is 6.90. The van der Waals surface area contributed by atoms with Crippen LogP contribution in [0.2, 0.25) is 0 Å². The average molecular weight is 336 g/mol. The number of halogens is 1. The van der Waals surface area contributed by atoms with Crippen LogP contribution in [0.3, 0.4) is 0 Å². The number of aromatic nitrogens is 4. The van der Waals surface area contributed by atoms with Gasteiger partial charge in [-0.25, -0.2) is 19.9 Å². The van der Waals surface area contributed by atoms with E-state index in [0.29, 0.717) is 27.6 Å². The first-order chi connectivity index (χ1) is 9.47. The van der Waals surface area contributed by atoms with E-state index in [1.54, 1.807) is 25.4 Å². The van der Waals surface area contributed by atoms with Gasteiger partial charge in [0.05, 0.1) is 4.47 Å². The van der Waals surface area contributed by atoms with Gasteiger partial charge in [-0.1, -0.05) is 13.8 Å². The molecule has 0 unspecified atom stereocenters. The van der Waals surface area contributed by atoms with E-state index in [-0.39, 0.29) is 11.8 Å². The standard InChI is InChI=1S/C13H14BrN5O/c1-7(2)12-16-6-9(14)11(19-12)13(20)18-10-4-5-15-8(3)17-10/h4-7H,1-3H3,(H,15,17,18,20). The third kappa shape index (κ3) is 3.36. The molecule has 2 rings (SSSR count).